The van der Waals surface area contributed by atoms with Crippen LogP contribution in [0.15, 0.2) is 79.0 Å². The van der Waals surface area contributed by atoms with Crippen LogP contribution in [0, 0.1) is 13.8 Å². The summed E-state index contributed by atoms with van der Waals surface area (Å²) in [5.74, 6) is 0.474. The zero-order valence-corrected chi connectivity index (χ0v) is 21.9. The summed E-state index contributed by atoms with van der Waals surface area (Å²) in [6.07, 6.45) is 1.84. The molecule has 1 N–H and O–H groups in total. The molecule has 0 spiro atoms. The van der Waals surface area contributed by atoms with Gasteiger partial charge in [0.1, 0.15) is 0 Å². The fourth-order valence-corrected chi connectivity index (χ4v) is 5.60. The van der Waals surface area contributed by atoms with Crippen molar-refractivity contribution < 1.29 is 0 Å². The van der Waals surface area contributed by atoms with Crippen molar-refractivity contribution in [1.29, 1.82) is 0 Å². The van der Waals surface area contributed by atoms with Gasteiger partial charge in [-0.2, -0.15) is 0 Å². The van der Waals surface area contributed by atoms with Crippen LogP contribution in [0.25, 0.3) is 5.69 Å². The van der Waals surface area contributed by atoms with Gasteiger partial charge in [-0.25, -0.2) is 0 Å². The molecule has 2 atom stereocenters. The van der Waals surface area contributed by atoms with E-state index in [0.29, 0.717) is 11.0 Å². The summed E-state index contributed by atoms with van der Waals surface area (Å²) >= 11 is 12.3. The van der Waals surface area contributed by atoms with E-state index in [9.17, 15) is 0 Å². The second-order valence-corrected chi connectivity index (χ2v) is 10.2. The number of hydrogen-bond donors (Lipinski definition) is 1. The third-order valence-electron chi connectivity index (χ3n) is 6.79. The Morgan fingerprint density at radius 2 is 1.71 bits per heavy atom. The van der Waals surface area contributed by atoms with Crippen molar-refractivity contribution >= 4 is 34.6 Å². The van der Waals surface area contributed by atoms with Gasteiger partial charge in [-0.05, 0) is 91.6 Å². The Hall–Kier alpha value is -3.15. The number of nitrogens with zero attached hydrogens (tertiary/aromatic N) is 3. The van der Waals surface area contributed by atoms with Crippen molar-refractivity contribution in [2.24, 2.45) is 0 Å². The van der Waals surface area contributed by atoms with Crippen molar-refractivity contribution in [3.63, 3.8) is 0 Å². The van der Waals surface area contributed by atoms with Gasteiger partial charge in [-0.3, -0.25) is 4.98 Å². The first-order valence-electron chi connectivity index (χ1n) is 11.9. The molecule has 2 unspecified atom stereocenters. The summed E-state index contributed by atoms with van der Waals surface area (Å²) in [7, 11) is 0. The lowest BCUT2D eigenvalue weighted by atomic mass is 9.96. The average molecular weight is 501 g/mol. The Labute approximate surface area is 217 Å². The molecule has 4 aromatic rings. The SMILES string of the molecule is Cc1cc(C2C(c3ccccn3)NC(=S)N2c2ccc(C(C)C)cc2)c(C)n1-c1cccc(Cl)c1. The van der Waals surface area contributed by atoms with E-state index in [1.54, 1.807) is 0 Å². The number of hydrogen-bond acceptors (Lipinski definition) is 2. The molecule has 0 saturated carbocycles. The Bertz CT molecular complexity index is 1360. The van der Waals surface area contributed by atoms with Gasteiger partial charge in [0.25, 0.3) is 0 Å². The summed E-state index contributed by atoms with van der Waals surface area (Å²) in [6.45, 7) is 8.72. The lowest BCUT2D eigenvalue weighted by Gasteiger charge is -2.28. The molecule has 2 aromatic heterocycles. The second-order valence-electron chi connectivity index (χ2n) is 9.38. The quantitative estimate of drug-likeness (QED) is 0.288. The second kappa shape index (κ2) is 9.48. The molecule has 5 rings (SSSR count). The highest BCUT2D eigenvalue weighted by Gasteiger charge is 2.42. The van der Waals surface area contributed by atoms with Crippen LogP contribution in [0.4, 0.5) is 5.69 Å². The van der Waals surface area contributed by atoms with Gasteiger partial charge in [0, 0.05) is 34.0 Å². The summed E-state index contributed by atoms with van der Waals surface area (Å²) in [5, 5.41) is 5.00. The predicted molar refractivity (Wildman–Crippen MR) is 149 cm³/mol. The van der Waals surface area contributed by atoms with E-state index in [1.165, 1.54) is 11.1 Å². The molecular weight excluding hydrogens is 472 g/mol. The Morgan fingerprint density at radius 3 is 2.37 bits per heavy atom. The fraction of sp³-hybridized carbons (Fsp3) is 0.241. The van der Waals surface area contributed by atoms with E-state index in [1.807, 2.05) is 36.5 Å². The lowest BCUT2D eigenvalue weighted by molar-refractivity contribution is 0.565. The van der Waals surface area contributed by atoms with Gasteiger partial charge in [-0.15, -0.1) is 0 Å². The number of thiocarbonyl (C=S) groups is 1. The zero-order chi connectivity index (χ0) is 24.7. The van der Waals surface area contributed by atoms with Crippen molar-refractivity contribution in [3.05, 3.63) is 112 Å². The van der Waals surface area contributed by atoms with Gasteiger partial charge in [0.15, 0.2) is 5.11 Å². The molecule has 3 heterocycles. The van der Waals surface area contributed by atoms with Crippen LogP contribution in [0.5, 0.6) is 0 Å². The van der Waals surface area contributed by atoms with E-state index >= 15 is 0 Å². The maximum atomic E-state index is 6.34. The summed E-state index contributed by atoms with van der Waals surface area (Å²) in [5.41, 5.74) is 7.91. The minimum absolute atomic E-state index is 0.0542. The molecule has 178 valence electrons. The minimum atomic E-state index is -0.0817. The normalized spacial score (nSPS) is 17.8. The minimum Gasteiger partial charge on any atom is -0.351 e. The molecule has 35 heavy (non-hydrogen) atoms. The number of pyridine rings is 1. The predicted octanol–water partition coefficient (Wildman–Crippen LogP) is 7.44. The highest BCUT2D eigenvalue weighted by molar-refractivity contribution is 7.80. The maximum absolute atomic E-state index is 6.34. The van der Waals surface area contributed by atoms with E-state index in [4.69, 9.17) is 28.8 Å². The molecule has 0 radical (unpaired) electrons. The zero-order valence-electron chi connectivity index (χ0n) is 20.4. The Balaban J connectivity index is 1.66. The number of aromatic nitrogens is 2. The number of rotatable bonds is 5. The monoisotopic (exact) mass is 500 g/mol. The van der Waals surface area contributed by atoms with E-state index < -0.39 is 0 Å². The first-order chi connectivity index (χ1) is 16.8. The average Bonchev–Trinajstić information content (AvgIpc) is 3.34. The first kappa shape index (κ1) is 23.6. The molecular formula is C29H29ClN4S. The maximum Gasteiger partial charge on any atom is 0.174 e. The third kappa shape index (κ3) is 4.35. The highest BCUT2D eigenvalue weighted by atomic mass is 35.5. The summed E-state index contributed by atoms with van der Waals surface area (Å²) in [4.78, 5) is 6.93. The molecule has 1 aliphatic rings. The molecule has 2 aromatic carbocycles. The largest absolute Gasteiger partial charge is 0.351 e. The molecule has 1 saturated heterocycles. The van der Waals surface area contributed by atoms with Gasteiger partial charge in [0.2, 0.25) is 0 Å². The molecule has 4 nitrogen and oxygen atoms in total. The van der Waals surface area contributed by atoms with Crippen molar-refractivity contribution in [3.8, 4) is 5.69 Å². The van der Waals surface area contributed by atoms with Crippen LogP contribution in [-0.2, 0) is 0 Å². The number of aryl methyl sites for hydroxylation is 1. The van der Waals surface area contributed by atoms with Gasteiger partial charge in [0.05, 0.1) is 17.8 Å². The number of nitrogens with one attached hydrogen (secondary N) is 1. The lowest BCUT2D eigenvalue weighted by Crippen LogP contribution is -2.29. The van der Waals surface area contributed by atoms with Crippen LogP contribution in [0.2, 0.25) is 5.02 Å². The fourth-order valence-electron chi connectivity index (χ4n) is 5.07. The topological polar surface area (TPSA) is 33.1 Å². The molecule has 1 fully saturated rings. The number of anilines is 1. The van der Waals surface area contributed by atoms with E-state index in [-0.39, 0.29) is 12.1 Å². The van der Waals surface area contributed by atoms with Crippen molar-refractivity contribution in [2.45, 2.75) is 45.7 Å². The van der Waals surface area contributed by atoms with Gasteiger partial charge >= 0.3 is 0 Å². The summed E-state index contributed by atoms with van der Waals surface area (Å²) < 4.78 is 2.26. The van der Waals surface area contributed by atoms with E-state index in [0.717, 1.165) is 33.5 Å². The van der Waals surface area contributed by atoms with E-state index in [2.05, 4.69) is 84.9 Å². The molecule has 0 amide bonds. The molecule has 0 aliphatic carbocycles. The van der Waals surface area contributed by atoms with Crippen LogP contribution < -0.4 is 10.2 Å². The molecule has 0 bridgehead atoms. The van der Waals surface area contributed by atoms with Crippen LogP contribution in [-0.4, -0.2) is 14.7 Å². The van der Waals surface area contributed by atoms with Crippen LogP contribution in [0.1, 0.15) is 60.1 Å². The van der Waals surface area contributed by atoms with Crippen LogP contribution in [0.3, 0.4) is 0 Å². The van der Waals surface area contributed by atoms with Crippen LogP contribution >= 0.6 is 23.8 Å². The number of halogens is 1. The number of benzene rings is 2. The van der Waals surface area contributed by atoms with Gasteiger partial charge < -0.3 is 14.8 Å². The standard InChI is InChI=1S/C29H29ClN4S/c1-18(2)21-11-13-23(14-12-21)34-28(27(32-29(34)35)26-10-5-6-15-31-26)25-16-19(3)33(20(25)4)24-9-7-8-22(30)17-24/h5-18,27-28H,1-4H3,(H,32,35). The summed E-state index contributed by atoms with van der Waals surface area (Å²) in [6, 6.07) is 24.9. The van der Waals surface area contributed by atoms with Crippen molar-refractivity contribution in [1.82, 2.24) is 14.9 Å². The third-order valence-corrected chi connectivity index (χ3v) is 7.34. The Morgan fingerprint density at radius 1 is 0.943 bits per heavy atom. The molecule has 1 aliphatic heterocycles. The van der Waals surface area contributed by atoms with Crippen molar-refractivity contribution in [2.75, 3.05) is 4.90 Å². The Kier molecular flexibility index (Phi) is 6.39. The highest BCUT2D eigenvalue weighted by Crippen LogP contribution is 2.44. The smallest absolute Gasteiger partial charge is 0.174 e. The first-order valence-corrected chi connectivity index (χ1v) is 12.7. The molecule has 6 heteroatoms. The van der Waals surface area contributed by atoms with Gasteiger partial charge in [-0.1, -0.05) is 49.7 Å².